The van der Waals surface area contributed by atoms with Crippen molar-refractivity contribution in [1.29, 1.82) is 0 Å². The van der Waals surface area contributed by atoms with Crippen molar-refractivity contribution in [3.63, 3.8) is 0 Å². The number of hydrogen-bond acceptors (Lipinski definition) is 3. The smallest absolute Gasteiger partial charge is 0.250 e. The van der Waals surface area contributed by atoms with Crippen LogP contribution < -0.4 is 11.1 Å². The highest BCUT2D eigenvalue weighted by atomic mass is 35.5. The topological polar surface area (TPSA) is 68.0 Å². The summed E-state index contributed by atoms with van der Waals surface area (Å²) >= 11 is 6.23. The molecule has 0 bridgehead atoms. The monoisotopic (exact) mass is 315 g/mol. The minimum atomic E-state index is -0.531. The van der Waals surface area contributed by atoms with E-state index in [0.29, 0.717) is 28.2 Å². The van der Waals surface area contributed by atoms with Crippen molar-refractivity contribution in [2.45, 2.75) is 19.4 Å². The molecule has 22 heavy (non-hydrogen) atoms. The lowest BCUT2D eigenvalue weighted by molar-refractivity contribution is 0.1000. The van der Waals surface area contributed by atoms with Crippen molar-refractivity contribution in [2.24, 2.45) is 17.6 Å². The van der Waals surface area contributed by atoms with Crippen LogP contribution in [0.2, 0.25) is 5.02 Å². The number of halogens is 1. The quantitative estimate of drug-likeness (QED) is 0.885. The molecule has 1 saturated carbocycles. The van der Waals surface area contributed by atoms with Crippen molar-refractivity contribution in [3.8, 4) is 0 Å². The fourth-order valence-electron chi connectivity index (χ4n) is 2.74. The van der Waals surface area contributed by atoms with Crippen LogP contribution >= 0.6 is 11.6 Å². The molecule has 0 radical (unpaired) electrons. The minimum absolute atomic E-state index is 0.167. The number of primary amides is 1. The first-order chi connectivity index (χ1) is 10.6. The molecule has 1 aromatic heterocycles. The second-order valence-electron chi connectivity index (χ2n) is 5.83. The molecule has 0 aliphatic heterocycles. The first-order valence-corrected chi connectivity index (χ1v) is 7.71. The number of carbonyl (C=O) groups is 1. The molecule has 1 fully saturated rings. The van der Waals surface area contributed by atoms with Gasteiger partial charge in [-0.3, -0.25) is 4.79 Å². The van der Waals surface area contributed by atoms with Gasteiger partial charge in [-0.2, -0.15) is 0 Å². The fraction of sp³-hybridized carbons (Fsp3) is 0.294. The summed E-state index contributed by atoms with van der Waals surface area (Å²) in [5.41, 5.74) is 6.77. The van der Waals surface area contributed by atoms with Crippen LogP contribution in [0.25, 0.3) is 0 Å². The number of aromatic nitrogens is 1. The number of carbonyl (C=O) groups excluding carboxylic acids is 1. The highest BCUT2D eigenvalue weighted by Crippen LogP contribution is 2.48. The molecule has 3 unspecified atom stereocenters. The van der Waals surface area contributed by atoms with E-state index in [2.05, 4.69) is 29.4 Å². The summed E-state index contributed by atoms with van der Waals surface area (Å²) in [6, 6.07) is 12.0. The van der Waals surface area contributed by atoms with E-state index in [9.17, 15) is 4.79 Å². The Bertz CT molecular complexity index is 690. The summed E-state index contributed by atoms with van der Waals surface area (Å²) in [7, 11) is 0. The summed E-state index contributed by atoms with van der Waals surface area (Å²) in [4.78, 5) is 15.4. The zero-order valence-corrected chi connectivity index (χ0v) is 13.0. The molecule has 2 aromatic rings. The number of amides is 1. The van der Waals surface area contributed by atoms with E-state index in [-0.39, 0.29) is 6.04 Å². The summed E-state index contributed by atoms with van der Waals surface area (Å²) < 4.78 is 0. The molecule has 1 heterocycles. The van der Waals surface area contributed by atoms with Crippen molar-refractivity contribution >= 4 is 23.3 Å². The Morgan fingerprint density at radius 1 is 1.41 bits per heavy atom. The molecule has 114 valence electrons. The summed E-state index contributed by atoms with van der Waals surface area (Å²) in [6.07, 6.45) is 2.64. The summed E-state index contributed by atoms with van der Waals surface area (Å²) in [5, 5.41) is 3.83. The highest BCUT2D eigenvalue weighted by molar-refractivity contribution is 6.33. The van der Waals surface area contributed by atoms with Gasteiger partial charge in [-0.25, -0.2) is 4.98 Å². The number of pyridine rings is 1. The zero-order chi connectivity index (χ0) is 15.7. The maximum absolute atomic E-state index is 11.2. The Balaban J connectivity index is 1.87. The first-order valence-electron chi connectivity index (χ1n) is 7.33. The average molecular weight is 316 g/mol. The van der Waals surface area contributed by atoms with Crippen LogP contribution in [0.5, 0.6) is 0 Å². The van der Waals surface area contributed by atoms with E-state index >= 15 is 0 Å². The molecular formula is C17H18ClN3O. The van der Waals surface area contributed by atoms with Crippen LogP contribution in [-0.4, -0.2) is 10.9 Å². The number of nitrogens with zero attached hydrogens (tertiary/aromatic N) is 1. The molecule has 3 N–H and O–H groups in total. The fourth-order valence-corrected chi connectivity index (χ4v) is 2.96. The van der Waals surface area contributed by atoms with Gasteiger partial charge >= 0.3 is 0 Å². The lowest BCUT2D eigenvalue weighted by Crippen LogP contribution is -2.16. The van der Waals surface area contributed by atoms with Gasteiger partial charge in [-0.15, -0.1) is 0 Å². The molecule has 0 spiro atoms. The van der Waals surface area contributed by atoms with Gasteiger partial charge in [-0.1, -0.05) is 48.9 Å². The van der Waals surface area contributed by atoms with Gasteiger partial charge in [0.05, 0.1) is 16.6 Å². The Morgan fingerprint density at radius 2 is 2.09 bits per heavy atom. The average Bonchev–Trinajstić information content (AvgIpc) is 3.23. The lowest BCUT2D eigenvalue weighted by atomic mass is 10.0. The third-order valence-corrected chi connectivity index (χ3v) is 4.46. The molecule has 5 heteroatoms. The number of hydrogen-bond donors (Lipinski definition) is 2. The van der Waals surface area contributed by atoms with Crippen molar-refractivity contribution in [1.82, 2.24) is 4.98 Å². The van der Waals surface area contributed by atoms with E-state index in [0.717, 1.165) is 0 Å². The van der Waals surface area contributed by atoms with Gasteiger partial charge in [0, 0.05) is 6.20 Å². The number of rotatable bonds is 5. The number of benzene rings is 1. The molecule has 1 aliphatic carbocycles. The van der Waals surface area contributed by atoms with Gasteiger partial charge in [0.15, 0.2) is 0 Å². The second-order valence-corrected chi connectivity index (χ2v) is 6.24. The molecule has 0 saturated heterocycles. The molecule has 1 aliphatic rings. The van der Waals surface area contributed by atoms with E-state index in [4.69, 9.17) is 17.3 Å². The van der Waals surface area contributed by atoms with Crippen molar-refractivity contribution in [2.75, 3.05) is 5.32 Å². The van der Waals surface area contributed by atoms with Crippen LogP contribution in [0.15, 0.2) is 42.6 Å². The summed E-state index contributed by atoms with van der Waals surface area (Å²) in [5.74, 6) is 1.30. The molecule has 1 amide bonds. The zero-order valence-electron chi connectivity index (χ0n) is 12.3. The number of nitrogens with one attached hydrogen (secondary N) is 1. The molecular weight excluding hydrogens is 298 g/mol. The lowest BCUT2D eigenvalue weighted by Gasteiger charge is -2.20. The van der Waals surface area contributed by atoms with Gasteiger partial charge in [0.2, 0.25) is 5.91 Å². The van der Waals surface area contributed by atoms with Gasteiger partial charge in [0.1, 0.15) is 5.82 Å². The molecule has 4 nitrogen and oxygen atoms in total. The minimum Gasteiger partial charge on any atom is -0.366 e. The summed E-state index contributed by atoms with van der Waals surface area (Å²) in [6.45, 7) is 2.24. The van der Waals surface area contributed by atoms with Crippen LogP contribution in [0, 0.1) is 11.8 Å². The molecule has 1 aromatic carbocycles. The SMILES string of the molecule is CC1CC1C(Nc1ncc(C(N)=O)cc1Cl)c1ccccc1. The Hall–Kier alpha value is -2.07. The third kappa shape index (κ3) is 3.07. The maximum atomic E-state index is 11.2. The third-order valence-electron chi connectivity index (χ3n) is 4.18. The molecule has 3 rings (SSSR count). The van der Waals surface area contributed by atoms with Crippen molar-refractivity contribution < 1.29 is 4.79 Å². The standard InChI is InChI=1S/C17H18ClN3O/c1-10-7-13(10)15(11-5-3-2-4-6-11)21-17-14(18)8-12(9-20-17)16(19)22/h2-6,8-10,13,15H,7H2,1H3,(H2,19,22)(H,20,21). The van der Waals surface area contributed by atoms with E-state index < -0.39 is 5.91 Å². The predicted molar refractivity (Wildman–Crippen MR) is 87.8 cm³/mol. The second kappa shape index (κ2) is 5.97. The van der Waals surface area contributed by atoms with E-state index in [1.54, 1.807) is 6.07 Å². The highest BCUT2D eigenvalue weighted by Gasteiger charge is 2.40. The largest absolute Gasteiger partial charge is 0.366 e. The Morgan fingerprint density at radius 3 is 2.64 bits per heavy atom. The van der Waals surface area contributed by atoms with E-state index in [1.165, 1.54) is 18.2 Å². The normalized spacial score (nSPS) is 21.2. The maximum Gasteiger partial charge on any atom is 0.250 e. The van der Waals surface area contributed by atoms with Crippen molar-refractivity contribution in [3.05, 3.63) is 58.7 Å². The van der Waals surface area contributed by atoms with Crippen LogP contribution in [0.4, 0.5) is 5.82 Å². The van der Waals surface area contributed by atoms with Gasteiger partial charge in [0.25, 0.3) is 0 Å². The van der Waals surface area contributed by atoms with Gasteiger partial charge in [-0.05, 0) is 29.9 Å². The number of anilines is 1. The van der Waals surface area contributed by atoms with Gasteiger partial charge < -0.3 is 11.1 Å². The van der Waals surface area contributed by atoms with Crippen LogP contribution in [0.3, 0.4) is 0 Å². The Kier molecular flexibility index (Phi) is 4.03. The first kappa shape index (κ1) is 14.9. The predicted octanol–water partition coefficient (Wildman–Crippen LogP) is 3.64. The Labute approximate surface area is 134 Å². The number of nitrogens with two attached hydrogens (primary N) is 1. The van der Waals surface area contributed by atoms with E-state index in [1.807, 2.05) is 18.2 Å². The van der Waals surface area contributed by atoms with Crippen LogP contribution in [0.1, 0.15) is 35.3 Å². The molecule has 3 atom stereocenters. The van der Waals surface area contributed by atoms with Crippen LogP contribution in [-0.2, 0) is 0 Å².